The smallest absolute Gasteiger partial charge is 0.206 e. The molecule has 0 saturated carbocycles. The minimum atomic E-state index is -4.34. The summed E-state index contributed by atoms with van der Waals surface area (Å²) in [6, 6.07) is 24.9. The van der Waals surface area contributed by atoms with E-state index in [4.69, 9.17) is 0 Å². The summed E-state index contributed by atoms with van der Waals surface area (Å²) >= 11 is 2.39. The first-order valence-electron chi connectivity index (χ1n) is 13.7. The van der Waals surface area contributed by atoms with Gasteiger partial charge in [-0.2, -0.15) is 0 Å². The third-order valence-electron chi connectivity index (χ3n) is 7.61. The van der Waals surface area contributed by atoms with Crippen molar-refractivity contribution in [3.63, 3.8) is 0 Å². The highest BCUT2D eigenvalue weighted by molar-refractivity contribution is 8.00. The van der Waals surface area contributed by atoms with Crippen molar-refractivity contribution in [1.29, 1.82) is 0 Å². The Labute approximate surface area is 266 Å². The topological polar surface area (TPSA) is 137 Å². The van der Waals surface area contributed by atoms with Crippen LogP contribution in [0.15, 0.2) is 117 Å². The van der Waals surface area contributed by atoms with Gasteiger partial charge in [-0.1, -0.05) is 36.4 Å². The molecule has 0 heterocycles. The number of carbonyl (C=O) groups is 6. The van der Waals surface area contributed by atoms with E-state index in [1.165, 1.54) is 35.7 Å². The Kier molecular flexibility index (Phi) is 8.25. The Balaban J connectivity index is 1.21. The Morgan fingerprint density at radius 2 is 0.867 bits per heavy atom. The van der Waals surface area contributed by atoms with E-state index < -0.39 is 56.4 Å². The molecule has 2 aliphatic carbocycles. The van der Waals surface area contributed by atoms with Crippen LogP contribution in [0, 0.1) is 11.8 Å². The van der Waals surface area contributed by atoms with Gasteiger partial charge in [0.25, 0.3) is 0 Å². The van der Waals surface area contributed by atoms with Crippen LogP contribution in [-0.2, 0) is 19.4 Å². The van der Waals surface area contributed by atoms with Crippen molar-refractivity contribution in [2.75, 3.05) is 11.5 Å². The molecule has 45 heavy (non-hydrogen) atoms. The second kappa shape index (κ2) is 12.2. The zero-order valence-electron chi connectivity index (χ0n) is 23.3. The summed E-state index contributed by atoms with van der Waals surface area (Å²) < 4.78 is 27.3. The number of Topliss-reactive ketones (excluding diaryl/α,β-unsaturated/α-hetero) is 6. The average molecular weight is 655 g/mol. The van der Waals surface area contributed by atoms with Crippen molar-refractivity contribution in [2.24, 2.45) is 11.8 Å². The number of carbonyl (C=O) groups excluding carboxylic acids is 6. The van der Waals surface area contributed by atoms with E-state index in [1.54, 1.807) is 48.5 Å². The Morgan fingerprint density at radius 3 is 1.24 bits per heavy atom. The van der Waals surface area contributed by atoms with Crippen LogP contribution in [0.3, 0.4) is 0 Å². The molecule has 0 bridgehead atoms. The lowest BCUT2D eigenvalue weighted by atomic mass is 10.00. The Hall–Kier alpha value is -4.45. The first kappa shape index (κ1) is 30.6. The van der Waals surface area contributed by atoms with Gasteiger partial charge in [0, 0.05) is 32.0 Å². The summed E-state index contributed by atoms with van der Waals surface area (Å²) in [6.07, 6.45) is 0. The molecule has 2 unspecified atom stereocenters. The minimum Gasteiger partial charge on any atom is -0.297 e. The van der Waals surface area contributed by atoms with Crippen LogP contribution in [0.2, 0.25) is 0 Å². The molecular formula is C34H22O8S3. The van der Waals surface area contributed by atoms with Crippen LogP contribution >= 0.6 is 23.5 Å². The monoisotopic (exact) mass is 654 g/mol. The summed E-state index contributed by atoms with van der Waals surface area (Å²) in [7, 11) is -4.34. The molecule has 6 rings (SSSR count). The first-order valence-corrected chi connectivity index (χ1v) is 17.1. The normalized spacial score (nSPS) is 17.3. The number of sulfone groups is 1. The van der Waals surface area contributed by atoms with Crippen molar-refractivity contribution in [3.8, 4) is 0 Å². The van der Waals surface area contributed by atoms with Gasteiger partial charge in [0.15, 0.2) is 34.7 Å². The van der Waals surface area contributed by atoms with Crippen molar-refractivity contribution in [3.05, 3.63) is 119 Å². The molecule has 0 N–H and O–H groups in total. The molecule has 0 aromatic heterocycles. The zero-order chi connectivity index (χ0) is 31.9. The predicted octanol–water partition coefficient (Wildman–Crippen LogP) is 5.23. The quantitative estimate of drug-likeness (QED) is 0.165. The summed E-state index contributed by atoms with van der Waals surface area (Å²) in [5.74, 6) is -7.37. The summed E-state index contributed by atoms with van der Waals surface area (Å²) in [6.45, 7) is 0. The lowest BCUT2D eigenvalue weighted by Gasteiger charge is -2.08. The van der Waals surface area contributed by atoms with E-state index >= 15 is 0 Å². The van der Waals surface area contributed by atoms with Gasteiger partial charge in [-0.05, 0) is 60.7 Å². The van der Waals surface area contributed by atoms with Crippen LogP contribution in [-0.4, -0.2) is 54.6 Å². The predicted molar refractivity (Wildman–Crippen MR) is 167 cm³/mol. The molecule has 11 heteroatoms. The van der Waals surface area contributed by atoms with Gasteiger partial charge in [-0.3, -0.25) is 28.8 Å². The summed E-state index contributed by atoms with van der Waals surface area (Å²) in [4.78, 5) is 79.1. The number of fused-ring (bicyclic) bond motifs is 2. The number of rotatable bonds is 10. The van der Waals surface area contributed by atoms with Gasteiger partial charge >= 0.3 is 0 Å². The molecule has 4 aromatic rings. The van der Waals surface area contributed by atoms with Crippen molar-refractivity contribution in [1.82, 2.24) is 0 Å². The number of thioether (sulfide) groups is 2. The number of hydrogen-bond acceptors (Lipinski definition) is 10. The Morgan fingerprint density at radius 1 is 0.511 bits per heavy atom. The summed E-state index contributed by atoms with van der Waals surface area (Å²) in [5, 5.41) is 0. The van der Waals surface area contributed by atoms with E-state index in [0.717, 1.165) is 34.1 Å². The molecule has 224 valence electrons. The third-order valence-corrected chi connectivity index (χ3v) is 11.4. The van der Waals surface area contributed by atoms with E-state index in [1.807, 2.05) is 12.1 Å². The van der Waals surface area contributed by atoms with E-state index in [2.05, 4.69) is 0 Å². The van der Waals surface area contributed by atoms with Gasteiger partial charge < -0.3 is 0 Å². The van der Waals surface area contributed by atoms with Crippen LogP contribution in [0.4, 0.5) is 0 Å². The molecule has 2 aliphatic rings. The van der Waals surface area contributed by atoms with E-state index in [0.29, 0.717) is 0 Å². The fourth-order valence-electron chi connectivity index (χ4n) is 5.31. The fraction of sp³-hybridized carbons (Fsp3) is 0.118. The zero-order valence-corrected chi connectivity index (χ0v) is 25.7. The first-order chi connectivity index (χ1) is 21.6. The van der Waals surface area contributed by atoms with E-state index in [-0.39, 0.29) is 43.6 Å². The highest BCUT2D eigenvalue weighted by Gasteiger charge is 2.45. The second-order valence-electron chi connectivity index (χ2n) is 10.4. The largest absolute Gasteiger partial charge is 0.297 e. The lowest BCUT2D eigenvalue weighted by Crippen LogP contribution is -2.27. The molecule has 0 spiro atoms. The number of hydrogen-bond donors (Lipinski definition) is 0. The van der Waals surface area contributed by atoms with Crippen LogP contribution < -0.4 is 0 Å². The second-order valence-corrected chi connectivity index (χ2v) is 14.4. The fourth-order valence-corrected chi connectivity index (χ4v) is 8.27. The molecule has 8 nitrogen and oxygen atoms in total. The van der Waals surface area contributed by atoms with Crippen LogP contribution in [0.1, 0.15) is 41.4 Å². The van der Waals surface area contributed by atoms with Gasteiger partial charge in [-0.25, -0.2) is 8.42 Å². The maximum absolute atomic E-state index is 13.6. The molecule has 0 amide bonds. The molecular weight excluding hydrogens is 633 g/mol. The standard InChI is InChI=1S/C34H22O8S3/c35-27(17-43-19-7-3-1-4-8-19)29-31(37)23-13-11-21(15-25(23)33(29)39)45(41,42)22-12-14-24-26(16-22)34(40)30(32(24)38)28(36)18-44-20-9-5-2-6-10-20/h1-16,29-30H,17-18H2. The molecule has 0 aliphatic heterocycles. The number of benzene rings is 4. The molecule has 0 fully saturated rings. The maximum Gasteiger partial charge on any atom is 0.206 e. The highest BCUT2D eigenvalue weighted by Crippen LogP contribution is 2.35. The highest BCUT2D eigenvalue weighted by atomic mass is 32.2. The SMILES string of the molecule is O=C(CSc1ccccc1)C1C(=O)c2ccc(S(=O)(=O)c3ccc4c(c3)C(=O)C(C(=O)CSc3ccccc3)C4=O)cc2C1=O. The molecule has 4 aromatic carbocycles. The Bertz CT molecular complexity index is 1900. The minimum absolute atomic E-state index is 0.0357. The van der Waals surface area contributed by atoms with Gasteiger partial charge in [0.05, 0.1) is 21.3 Å². The van der Waals surface area contributed by atoms with Gasteiger partial charge in [0.1, 0.15) is 11.8 Å². The molecule has 2 atom stereocenters. The lowest BCUT2D eigenvalue weighted by molar-refractivity contribution is -0.118. The van der Waals surface area contributed by atoms with Crippen molar-refractivity contribution < 1.29 is 37.2 Å². The van der Waals surface area contributed by atoms with Crippen LogP contribution in [0.25, 0.3) is 0 Å². The average Bonchev–Trinajstić information content (AvgIpc) is 3.46. The maximum atomic E-state index is 13.6. The van der Waals surface area contributed by atoms with Gasteiger partial charge in [-0.15, -0.1) is 23.5 Å². The molecule has 0 radical (unpaired) electrons. The van der Waals surface area contributed by atoms with Gasteiger partial charge in [0.2, 0.25) is 9.84 Å². The van der Waals surface area contributed by atoms with Crippen molar-refractivity contribution in [2.45, 2.75) is 19.6 Å². The third kappa shape index (κ3) is 5.63. The molecule has 0 saturated heterocycles. The van der Waals surface area contributed by atoms with Crippen LogP contribution in [0.5, 0.6) is 0 Å². The number of ketones is 6. The van der Waals surface area contributed by atoms with E-state index in [9.17, 15) is 37.2 Å². The van der Waals surface area contributed by atoms with Crippen molar-refractivity contribution >= 4 is 68.1 Å². The summed E-state index contributed by atoms with van der Waals surface area (Å²) in [5.41, 5.74) is -0.408.